The summed E-state index contributed by atoms with van der Waals surface area (Å²) >= 11 is 9.54. The van der Waals surface area contributed by atoms with E-state index >= 15 is 0 Å². The smallest absolute Gasteiger partial charge is 0.141 e. The van der Waals surface area contributed by atoms with Crippen molar-refractivity contribution in [1.82, 2.24) is 0 Å². The fourth-order valence-electron chi connectivity index (χ4n) is 2.48. The van der Waals surface area contributed by atoms with Gasteiger partial charge in [-0.1, -0.05) is 70.9 Å². The minimum absolute atomic E-state index is 0.00240. The van der Waals surface area contributed by atoms with Crippen molar-refractivity contribution < 1.29 is 4.39 Å². The molecule has 0 bridgehead atoms. The van der Waals surface area contributed by atoms with Crippen molar-refractivity contribution in [1.29, 1.82) is 0 Å². The Balaban J connectivity index is 2.36. The van der Waals surface area contributed by atoms with Gasteiger partial charge in [0.15, 0.2) is 0 Å². The Labute approximate surface area is 133 Å². The van der Waals surface area contributed by atoms with E-state index in [0.717, 1.165) is 23.7 Å². The van der Waals surface area contributed by atoms with E-state index in [1.807, 2.05) is 12.1 Å². The van der Waals surface area contributed by atoms with Gasteiger partial charge < -0.3 is 0 Å². The van der Waals surface area contributed by atoms with E-state index in [9.17, 15) is 4.39 Å². The summed E-state index contributed by atoms with van der Waals surface area (Å²) in [6, 6.07) is 15.4. The molecule has 0 aliphatic carbocycles. The molecule has 3 heteroatoms. The fraction of sp³-hybridized carbons (Fsp3) is 0.294. The van der Waals surface area contributed by atoms with Crippen molar-refractivity contribution in [2.75, 3.05) is 5.33 Å². The standard InChI is InChI=1S/C17H17BrClF/c1-2-17(12-18,14-6-4-3-5-7-14)11-13-8-9-16(20)15(19)10-13/h3-10H,2,11-12H2,1H3. The Bertz CT molecular complexity index is 564. The van der Waals surface area contributed by atoms with Crippen LogP contribution in [0.2, 0.25) is 5.02 Å². The van der Waals surface area contributed by atoms with E-state index in [-0.39, 0.29) is 16.3 Å². The molecule has 2 aromatic rings. The minimum Gasteiger partial charge on any atom is -0.205 e. The molecule has 0 fully saturated rings. The summed E-state index contributed by atoms with van der Waals surface area (Å²) in [4.78, 5) is 0. The predicted octanol–water partition coefficient (Wildman–Crippen LogP) is 5.76. The highest BCUT2D eigenvalue weighted by atomic mass is 79.9. The molecule has 0 spiro atoms. The molecule has 0 aromatic heterocycles. The lowest BCUT2D eigenvalue weighted by Crippen LogP contribution is -2.30. The number of rotatable bonds is 5. The third-order valence-electron chi connectivity index (χ3n) is 3.85. The van der Waals surface area contributed by atoms with Gasteiger partial charge in [0.05, 0.1) is 5.02 Å². The van der Waals surface area contributed by atoms with Crippen molar-refractivity contribution in [3.8, 4) is 0 Å². The van der Waals surface area contributed by atoms with Crippen molar-refractivity contribution in [3.63, 3.8) is 0 Å². The van der Waals surface area contributed by atoms with Gasteiger partial charge in [0.2, 0.25) is 0 Å². The van der Waals surface area contributed by atoms with Gasteiger partial charge in [-0.3, -0.25) is 0 Å². The SMILES string of the molecule is CCC(CBr)(Cc1ccc(F)c(Cl)c1)c1ccccc1. The van der Waals surface area contributed by atoms with Gasteiger partial charge in [0.1, 0.15) is 5.82 Å². The summed E-state index contributed by atoms with van der Waals surface area (Å²) in [7, 11) is 0. The average molecular weight is 356 g/mol. The van der Waals surface area contributed by atoms with Crippen LogP contribution in [0, 0.1) is 5.82 Å². The van der Waals surface area contributed by atoms with Crippen molar-refractivity contribution in [2.24, 2.45) is 0 Å². The van der Waals surface area contributed by atoms with Gasteiger partial charge in [0.25, 0.3) is 0 Å². The van der Waals surface area contributed by atoms with Crippen molar-refractivity contribution in [2.45, 2.75) is 25.2 Å². The molecule has 0 saturated carbocycles. The van der Waals surface area contributed by atoms with E-state index in [1.54, 1.807) is 6.07 Å². The molecule has 2 aromatic carbocycles. The Morgan fingerprint density at radius 2 is 1.85 bits per heavy atom. The van der Waals surface area contributed by atoms with Gasteiger partial charge in [-0.05, 0) is 36.1 Å². The highest BCUT2D eigenvalue weighted by Gasteiger charge is 2.29. The summed E-state index contributed by atoms with van der Waals surface area (Å²) < 4.78 is 13.3. The molecule has 0 aliphatic heterocycles. The summed E-state index contributed by atoms with van der Waals surface area (Å²) in [5, 5.41) is 1.05. The van der Waals surface area contributed by atoms with Crippen LogP contribution in [0.3, 0.4) is 0 Å². The molecule has 106 valence electrons. The number of benzene rings is 2. The highest BCUT2D eigenvalue weighted by Crippen LogP contribution is 2.34. The molecule has 20 heavy (non-hydrogen) atoms. The summed E-state index contributed by atoms with van der Waals surface area (Å²) in [5.41, 5.74) is 2.35. The van der Waals surface area contributed by atoms with Crippen LogP contribution in [0.25, 0.3) is 0 Å². The maximum absolute atomic E-state index is 13.3. The van der Waals surface area contributed by atoms with Gasteiger partial charge >= 0.3 is 0 Å². The first-order valence-electron chi connectivity index (χ1n) is 6.67. The van der Waals surface area contributed by atoms with Crippen LogP contribution in [0.15, 0.2) is 48.5 Å². The van der Waals surface area contributed by atoms with E-state index in [1.165, 1.54) is 11.6 Å². The van der Waals surface area contributed by atoms with Gasteiger partial charge in [-0.25, -0.2) is 4.39 Å². The van der Waals surface area contributed by atoms with E-state index in [2.05, 4.69) is 47.1 Å². The highest BCUT2D eigenvalue weighted by molar-refractivity contribution is 9.09. The number of hydrogen-bond donors (Lipinski definition) is 0. The lowest BCUT2D eigenvalue weighted by molar-refractivity contribution is 0.464. The molecule has 1 atom stereocenters. The summed E-state index contributed by atoms with van der Waals surface area (Å²) in [6.07, 6.45) is 1.83. The quantitative estimate of drug-likeness (QED) is 0.598. The largest absolute Gasteiger partial charge is 0.205 e. The van der Waals surface area contributed by atoms with Crippen molar-refractivity contribution >= 4 is 27.5 Å². The molecular formula is C17H17BrClF. The minimum atomic E-state index is -0.365. The monoisotopic (exact) mass is 354 g/mol. The molecule has 0 radical (unpaired) electrons. The molecule has 0 aliphatic rings. The zero-order chi connectivity index (χ0) is 14.6. The Morgan fingerprint density at radius 3 is 2.40 bits per heavy atom. The lowest BCUT2D eigenvalue weighted by atomic mass is 9.75. The van der Waals surface area contributed by atoms with Crippen LogP contribution in [-0.4, -0.2) is 5.33 Å². The normalized spacial score (nSPS) is 14.0. The first-order valence-corrected chi connectivity index (χ1v) is 8.16. The second-order valence-electron chi connectivity index (χ2n) is 5.06. The molecule has 2 rings (SSSR count). The number of hydrogen-bond acceptors (Lipinski definition) is 0. The molecule has 0 N–H and O–H groups in total. The second kappa shape index (κ2) is 6.73. The van der Waals surface area contributed by atoms with Crippen molar-refractivity contribution in [3.05, 3.63) is 70.5 Å². The van der Waals surface area contributed by atoms with Crippen LogP contribution in [0.1, 0.15) is 24.5 Å². The van der Waals surface area contributed by atoms with E-state index < -0.39 is 0 Å². The predicted molar refractivity (Wildman–Crippen MR) is 87.3 cm³/mol. The second-order valence-corrected chi connectivity index (χ2v) is 6.03. The average Bonchev–Trinajstić information content (AvgIpc) is 2.49. The van der Waals surface area contributed by atoms with E-state index in [4.69, 9.17) is 11.6 Å². The fourth-order valence-corrected chi connectivity index (χ4v) is 3.60. The summed E-state index contributed by atoms with van der Waals surface area (Å²) in [5.74, 6) is -0.365. The maximum atomic E-state index is 13.3. The van der Waals surface area contributed by atoms with Crippen LogP contribution in [0.4, 0.5) is 4.39 Å². The molecule has 0 nitrogen and oxygen atoms in total. The lowest BCUT2D eigenvalue weighted by Gasteiger charge is -2.32. The van der Waals surface area contributed by atoms with Crippen LogP contribution in [-0.2, 0) is 11.8 Å². The van der Waals surface area contributed by atoms with Gasteiger partial charge in [-0.2, -0.15) is 0 Å². The molecular weight excluding hydrogens is 339 g/mol. The zero-order valence-electron chi connectivity index (χ0n) is 11.4. The van der Waals surface area contributed by atoms with Crippen LogP contribution >= 0.6 is 27.5 Å². The zero-order valence-corrected chi connectivity index (χ0v) is 13.7. The number of halogens is 3. The molecule has 0 heterocycles. The topological polar surface area (TPSA) is 0 Å². The Morgan fingerprint density at radius 1 is 1.15 bits per heavy atom. The third kappa shape index (κ3) is 3.24. The molecule has 0 saturated heterocycles. The first-order chi connectivity index (χ1) is 9.61. The third-order valence-corrected chi connectivity index (χ3v) is 5.21. The van der Waals surface area contributed by atoms with Gasteiger partial charge in [-0.15, -0.1) is 0 Å². The van der Waals surface area contributed by atoms with Crippen LogP contribution in [0.5, 0.6) is 0 Å². The molecule has 1 unspecified atom stereocenters. The van der Waals surface area contributed by atoms with E-state index in [0.29, 0.717) is 0 Å². The first kappa shape index (κ1) is 15.5. The maximum Gasteiger partial charge on any atom is 0.141 e. The summed E-state index contributed by atoms with van der Waals surface area (Å²) in [6.45, 7) is 2.18. The van der Waals surface area contributed by atoms with Crippen LogP contribution < -0.4 is 0 Å². The molecule has 0 amide bonds. The number of alkyl halides is 1. The van der Waals surface area contributed by atoms with Gasteiger partial charge in [0, 0.05) is 10.7 Å². The Hall–Kier alpha value is -0.860. The Kier molecular flexibility index (Phi) is 5.22.